The third-order valence-electron chi connectivity index (χ3n) is 3.23. The molecule has 120 valence electrons. The van der Waals surface area contributed by atoms with E-state index < -0.39 is 17.9 Å². The Balaban J connectivity index is 2.51. The third-order valence-corrected chi connectivity index (χ3v) is 3.23. The van der Waals surface area contributed by atoms with Gasteiger partial charge in [0.05, 0.1) is 0 Å². The van der Waals surface area contributed by atoms with Crippen molar-refractivity contribution >= 4 is 11.9 Å². The van der Waals surface area contributed by atoms with Crippen LogP contribution in [0.2, 0.25) is 0 Å². The monoisotopic (exact) mass is 305 g/mol. The number of hydrogen-bond donors (Lipinski definition) is 3. The van der Waals surface area contributed by atoms with E-state index in [1.165, 1.54) is 18.2 Å². The normalized spacial score (nSPS) is 12.2. The number of aromatic hydroxyl groups is 1. The van der Waals surface area contributed by atoms with E-state index in [0.717, 1.165) is 31.2 Å². The van der Waals surface area contributed by atoms with E-state index in [4.69, 9.17) is 0 Å². The molecule has 0 spiro atoms. The molecule has 0 aliphatic rings. The lowest BCUT2D eigenvalue weighted by Gasteiger charge is -2.13. The minimum Gasteiger partial charge on any atom is -0.508 e. The smallest absolute Gasteiger partial charge is 0.326 e. The highest BCUT2D eigenvalue weighted by atomic mass is 16.4. The number of allylic oxidation sites excluding steroid dienone is 1. The fourth-order valence-corrected chi connectivity index (χ4v) is 1.99. The van der Waals surface area contributed by atoms with Crippen LogP contribution in [0.25, 0.3) is 0 Å². The molecule has 1 aromatic carbocycles. The summed E-state index contributed by atoms with van der Waals surface area (Å²) in [4.78, 5) is 23.0. The van der Waals surface area contributed by atoms with Gasteiger partial charge in [0.2, 0.25) is 5.91 Å². The Morgan fingerprint density at radius 3 is 2.50 bits per heavy atom. The van der Waals surface area contributed by atoms with Gasteiger partial charge in [-0.1, -0.05) is 38.0 Å². The zero-order valence-electron chi connectivity index (χ0n) is 12.8. The number of carboxylic acid groups (broad SMARTS) is 1. The van der Waals surface area contributed by atoms with Gasteiger partial charge in [-0.3, -0.25) is 4.79 Å². The van der Waals surface area contributed by atoms with Crippen molar-refractivity contribution in [3.05, 3.63) is 42.0 Å². The molecule has 22 heavy (non-hydrogen) atoms. The molecular weight excluding hydrogens is 282 g/mol. The Morgan fingerprint density at radius 1 is 1.23 bits per heavy atom. The molecule has 0 fully saturated rings. The molecule has 0 radical (unpaired) electrons. The zero-order valence-corrected chi connectivity index (χ0v) is 12.8. The molecule has 3 N–H and O–H groups in total. The van der Waals surface area contributed by atoms with Gasteiger partial charge in [0.15, 0.2) is 0 Å². The number of carbonyl (C=O) groups excluding carboxylic acids is 1. The number of amides is 1. The summed E-state index contributed by atoms with van der Waals surface area (Å²) < 4.78 is 0. The summed E-state index contributed by atoms with van der Waals surface area (Å²) in [5.41, 5.74) is 0.734. The number of benzene rings is 1. The molecule has 5 heteroatoms. The molecule has 0 aromatic heterocycles. The molecule has 1 rings (SSSR count). The van der Waals surface area contributed by atoms with Crippen molar-refractivity contribution in [2.75, 3.05) is 0 Å². The lowest BCUT2D eigenvalue weighted by atomic mass is 10.1. The first-order chi connectivity index (χ1) is 10.5. The molecule has 0 saturated heterocycles. The van der Waals surface area contributed by atoms with Gasteiger partial charge in [0.25, 0.3) is 0 Å². The van der Waals surface area contributed by atoms with Crippen LogP contribution in [-0.2, 0) is 16.0 Å². The summed E-state index contributed by atoms with van der Waals surface area (Å²) in [6.45, 7) is 2.11. The maximum Gasteiger partial charge on any atom is 0.326 e. The maximum atomic E-state index is 11.7. The van der Waals surface area contributed by atoms with E-state index in [-0.39, 0.29) is 12.2 Å². The number of phenolic OH excluding ortho intramolecular Hbond substituents is 1. The van der Waals surface area contributed by atoms with E-state index >= 15 is 0 Å². The average Bonchev–Trinajstić information content (AvgIpc) is 2.48. The van der Waals surface area contributed by atoms with Crippen LogP contribution in [0.3, 0.4) is 0 Å². The number of aliphatic carboxylic acids is 1. The highest BCUT2D eigenvalue weighted by Gasteiger charge is 2.19. The summed E-state index contributed by atoms with van der Waals surface area (Å²) in [7, 11) is 0. The molecule has 1 aromatic rings. The van der Waals surface area contributed by atoms with Gasteiger partial charge < -0.3 is 15.5 Å². The minimum absolute atomic E-state index is 0.120. The van der Waals surface area contributed by atoms with Gasteiger partial charge in [0, 0.05) is 6.42 Å². The first-order valence-electron chi connectivity index (χ1n) is 7.50. The van der Waals surface area contributed by atoms with Crippen LogP contribution in [0, 0.1) is 0 Å². The molecular formula is C17H23NO4. The van der Waals surface area contributed by atoms with E-state index in [2.05, 4.69) is 12.2 Å². The first-order valence-corrected chi connectivity index (χ1v) is 7.50. The number of hydrogen-bond acceptors (Lipinski definition) is 3. The Hall–Kier alpha value is -2.30. The Kier molecular flexibility index (Phi) is 7.75. The van der Waals surface area contributed by atoms with E-state index in [9.17, 15) is 19.8 Å². The molecule has 1 amide bonds. The predicted molar refractivity (Wildman–Crippen MR) is 84.7 cm³/mol. The summed E-state index contributed by atoms with van der Waals surface area (Å²) >= 11 is 0. The molecule has 0 aliphatic heterocycles. The van der Waals surface area contributed by atoms with Crippen LogP contribution in [-0.4, -0.2) is 28.1 Å². The van der Waals surface area contributed by atoms with Crippen LogP contribution in [0.1, 0.15) is 38.2 Å². The van der Waals surface area contributed by atoms with Gasteiger partial charge in [-0.05, 0) is 36.6 Å². The summed E-state index contributed by atoms with van der Waals surface area (Å²) in [5, 5.41) is 20.9. The van der Waals surface area contributed by atoms with Crippen molar-refractivity contribution in [2.24, 2.45) is 0 Å². The van der Waals surface area contributed by atoms with Crippen molar-refractivity contribution in [3.63, 3.8) is 0 Å². The van der Waals surface area contributed by atoms with Crippen molar-refractivity contribution in [3.8, 4) is 5.75 Å². The predicted octanol–water partition coefficient (Wildman–Crippen LogP) is 2.64. The standard InChI is InChI=1S/C17H23NO4/c1-2-3-4-5-6-7-16(20)18-15(17(21)22)12-13-8-10-14(19)11-9-13/h6-11,15,19H,2-5,12H2,1H3,(H,18,20)(H,21,22)/b7-6+. The molecule has 0 heterocycles. The lowest BCUT2D eigenvalue weighted by Crippen LogP contribution is -2.41. The number of rotatable bonds is 9. The van der Waals surface area contributed by atoms with E-state index in [1.54, 1.807) is 18.2 Å². The fourth-order valence-electron chi connectivity index (χ4n) is 1.99. The first kappa shape index (κ1) is 17.8. The van der Waals surface area contributed by atoms with Crippen molar-refractivity contribution in [2.45, 2.75) is 45.1 Å². The van der Waals surface area contributed by atoms with Gasteiger partial charge in [0.1, 0.15) is 11.8 Å². The van der Waals surface area contributed by atoms with Crippen LogP contribution >= 0.6 is 0 Å². The number of nitrogens with one attached hydrogen (secondary N) is 1. The Morgan fingerprint density at radius 2 is 1.91 bits per heavy atom. The number of phenols is 1. The van der Waals surface area contributed by atoms with Crippen LogP contribution in [0.5, 0.6) is 5.75 Å². The molecule has 1 unspecified atom stereocenters. The van der Waals surface area contributed by atoms with Crippen LogP contribution in [0.4, 0.5) is 0 Å². The molecule has 5 nitrogen and oxygen atoms in total. The van der Waals surface area contributed by atoms with Gasteiger partial charge >= 0.3 is 5.97 Å². The SMILES string of the molecule is CCCCC/C=C/C(=O)NC(Cc1ccc(O)cc1)C(=O)O. The summed E-state index contributed by atoms with van der Waals surface area (Å²) in [5.74, 6) is -1.36. The van der Waals surface area contributed by atoms with Crippen molar-refractivity contribution < 1.29 is 19.8 Å². The molecule has 1 atom stereocenters. The number of carboxylic acids is 1. The average molecular weight is 305 g/mol. The van der Waals surface area contributed by atoms with Crippen LogP contribution < -0.4 is 5.32 Å². The summed E-state index contributed by atoms with van der Waals surface area (Å²) in [6, 6.07) is 5.26. The maximum absolute atomic E-state index is 11.7. The number of unbranched alkanes of at least 4 members (excludes halogenated alkanes) is 3. The highest BCUT2D eigenvalue weighted by Crippen LogP contribution is 2.11. The number of carbonyl (C=O) groups is 2. The molecule has 0 saturated carbocycles. The second-order valence-electron chi connectivity index (χ2n) is 5.17. The minimum atomic E-state index is -1.08. The van der Waals surface area contributed by atoms with Gasteiger partial charge in [-0.15, -0.1) is 0 Å². The quantitative estimate of drug-likeness (QED) is 0.483. The highest BCUT2D eigenvalue weighted by molar-refractivity contribution is 5.91. The van der Waals surface area contributed by atoms with E-state index in [1.807, 2.05) is 0 Å². The fraction of sp³-hybridized carbons (Fsp3) is 0.412. The van der Waals surface area contributed by atoms with Gasteiger partial charge in [-0.2, -0.15) is 0 Å². The lowest BCUT2D eigenvalue weighted by molar-refractivity contribution is -0.141. The zero-order chi connectivity index (χ0) is 16.4. The summed E-state index contributed by atoms with van der Waals surface area (Å²) in [6.07, 6.45) is 7.41. The third kappa shape index (κ3) is 6.92. The second-order valence-corrected chi connectivity index (χ2v) is 5.17. The molecule has 0 aliphatic carbocycles. The largest absolute Gasteiger partial charge is 0.508 e. The van der Waals surface area contributed by atoms with E-state index in [0.29, 0.717) is 0 Å². The van der Waals surface area contributed by atoms with Gasteiger partial charge in [-0.25, -0.2) is 4.79 Å². The Labute approximate surface area is 130 Å². The Bertz CT molecular complexity index is 508. The van der Waals surface area contributed by atoms with Crippen molar-refractivity contribution in [1.82, 2.24) is 5.32 Å². The second kappa shape index (κ2) is 9.60. The molecule has 0 bridgehead atoms. The van der Waals surface area contributed by atoms with Crippen molar-refractivity contribution in [1.29, 1.82) is 0 Å². The van der Waals surface area contributed by atoms with Crippen LogP contribution in [0.15, 0.2) is 36.4 Å². The topological polar surface area (TPSA) is 86.6 Å².